The summed E-state index contributed by atoms with van der Waals surface area (Å²) in [6.07, 6.45) is 4.28. The van der Waals surface area contributed by atoms with Crippen molar-refractivity contribution >= 4 is 70.0 Å². The predicted molar refractivity (Wildman–Crippen MR) is 181 cm³/mol. The first-order chi connectivity index (χ1) is 20.7. The zero-order valence-corrected chi connectivity index (χ0v) is 30.7. The molecule has 2 rings (SSSR count). The summed E-state index contributed by atoms with van der Waals surface area (Å²) in [6, 6.07) is 5.51. The van der Waals surface area contributed by atoms with Crippen LogP contribution in [-0.2, 0) is 54.1 Å². The van der Waals surface area contributed by atoms with E-state index in [1.165, 1.54) is 24.3 Å². The summed E-state index contributed by atoms with van der Waals surface area (Å²) in [7, 11) is -10.3. The van der Waals surface area contributed by atoms with Gasteiger partial charge in [-0.2, -0.15) is 4.99 Å². The number of nitrogens with zero attached hydrogens (tertiary/aromatic N) is 1. The molecule has 45 heavy (non-hydrogen) atoms. The predicted octanol–water partition coefficient (Wildman–Crippen LogP) is 3.91. The van der Waals surface area contributed by atoms with Crippen molar-refractivity contribution in [2.75, 3.05) is 12.5 Å². The molecule has 0 fully saturated rings. The van der Waals surface area contributed by atoms with E-state index in [1.54, 1.807) is 20.8 Å². The Labute approximate surface area is 276 Å². The van der Waals surface area contributed by atoms with E-state index in [0.29, 0.717) is 36.8 Å². The number of amides is 1. The SMILES string of the molecule is CCc1cc(S(=O)C(C)CC)c(S(C)(=O)=O)cc1C(=O)Cl.CCc1cc(S(=O)C(C)CC)c(S(C)(=O)=O)cc1C(=O)N=C(N)N. The second-order valence-electron chi connectivity index (χ2n) is 10.3. The normalized spacial score (nSPS) is 14.3. The van der Waals surface area contributed by atoms with Gasteiger partial charge in [0, 0.05) is 34.1 Å². The number of halogens is 1. The van der Waals surface area contributed by atoms with Gasteiger partial charge < -0.3 is 11.5 Å². The Bertz CT molecular complexity index is 1740. The van der Waals surface area contributed by atoms with Gasteiger partial charge in [0.25, 0.3) is 11.1 Å². The van der Waals surface area contributed by atoms with Gasteiger partial charge in [-0.25, -0.2) is 16.8 Å². The first kappa shape index (κ1) is 40.6. The topological polar surface area (TPSA) is 201 Å². The van der Waals surface area contributed by atoms with E-state index >= 15 is 0 Å². The number of hydrogen-bond acceptors (Lipinski definition) is 8. The third-order valence-corrected chi connectivity index (χ3v) is 13.3. The van der Waals surface area contributed by atoms with Crippen molar-refractivity contribution in [1.29, 1.82) is 0 Å². The van der Waals surface area contributed by atoms with Gasteiger partial charge in [0.15, 0.2) is 25.6 Å². The van der Waals surface area contributed by atoms with Crippen LogP contribution >= 0.6 is 11.6 Å². The van der Waals surface area contributed by atoms with Crippen molar-refractivity contribution in [1.82, 2.24) is 0 Å². The minimum Gasteiger partial charge on any atom is -0.370 e. The minimum atomic E-state index is -3.69. The number of sulfone groups is 2. The molecule has 11 nitrogen and oxygen atoms in total. The molecule has 0 aromatic heterocycles. The van der Waals surface area contributed by atoms with Crippen LogP contribution in [-0.4, -0.2) is 65.4 Å². The number of benzene rings is 2. The highest BCUT2D eigenvalue weighted by atomic mass is 35.5. The Hall–Kier alpha value is -2.46. The number of carbonyl (C=O) groups excluding carboxylic acids is 2. The number of guanidine groups is 1. The minimum absolute atomic E-state index is 0.0812. The average Bonchev–Trinajstić information content (AvgIpc) is 2.96. The first-order valence-electron chi connectivity index (χ1n) is 14.0. The second kappa shape index (κ2) is 16.9. The fraction of sp³-hybridized carbons (Fsp3) is 0.483. The Morgan fingerprint density at radius 3 is 1.40 bits per heavy atom. The zero-order valence-electron chi connectivity index (χ0n) is 26.7. The van der Waals surface area contributed by atoms with Gasteiger partial charge in [-0.05, 0) is 72.7 Å². The maximum absolute atomic E-state index is 12.7. The van der Waals surface area contributed by atoms with Gasteiger partial charge >= 0.3 is 0 Å². The lowest BCUT2D eigenvalue weighted by atomic mass is 10.0. The van der Waals surface area contributed by atoms with Crippen LogP contribution in [0, 0.1) is 0 Å². The molecule has 1 amide bonds. The number of aliphatic imine (C=N–C) groups is 1. The first-order valence-corrected chi connectivity index (χ1v) is 20.6. The van der Waals surface area contributed by atoms with Crippen molar-refractivity contribution in [3.63, 3.8) is 0 Å². The molecule has 0 heterocycles. The van der Waals surface area contributed by atoms with E-state index < -0.39 is 58.4 Å². The molecule has 0 bridgehead atoms. The van der Waals surface area contributed by atoms with Gasteiger partial charge in [0.2, 0.25) is 0 Å². The Morgan fingerprint density at radius 2 is 1.11 bits per heavy atom. The van der Waals surface area contributed by atoms with Gasteiger partial charge in [-0.1, -0.05) is 41.5 Å². The smallest absolute Gasteiger partial charge is 0.280 e. The molecule has 0 aliphatic heterocycles. The molecule has 2 aromatic carbocycles. The third-order valence-electron chi connectivity index (χ3n) is 6.89. The van der Waals surface area contributed by atoms with E-state index in [9.17, 15) is 34.8 Å². The number of nitrogens with two attached hydrogens (primary N) is 2. The van der Waals surface area contributed by atoms with Gasteiger partial charge in [-0.15, -0.1) is 0 Å². The Kier molecular flexibility index (Phi) is 15.2. The lowest BCUT2D eigenvalue weighted by Gasteiger charge is -2.16. The van der Waals surface area contributed by atoms with Crippen molar-refractivity contribution in [2.24, 2.45) is 16.5 Å². The van der Waals surface area contributed by atoms with Crippen LogP contribution in [0.3, 0.4) is 0 Å². The summed E-state index contributed by atoms with van der Waals surface area (Å²) in [5, 5.41) is -1.10. The van der Waals surface area contributed by atoms with E-state index in [0.717, 1.165) is 12.5 Å². The summed E-state index contributed by atoms with van der Waals surface area (Å²) in [5.41, 5.74) is 11.8. The Morgan fingerprint density at radius 1 is 0.756 bits per heavy atom. The highest BCUT2D eigenvalue weighted by Crippen LogP contribution is 2.29. The molecule has 0 aliphatic carbocycles. The van der Waals surface area contributed by atoms with Crippen LogP contribution in [0.25, 0.3) is 0 Å². The maximum Gasteiger partial charge on any atom is 0.280 e. The number of carbonyl (C=O) groups is 2. The largest absolute Gasteiger partial charge is 0.370 e. The van der Waals surface area contributed by atoms with E-state index in [-0.39, 0.29) is 41.2 Å². The molecular formula is C29H42ClN3O8S4. The van der Waals surface area contributed by atoms with Crippen molar-refractivity contribution in [3.05, 3.63) is 46.5 Å². The number of hydrogen-bond donors (Lipinski definition) is 2. The van der Waals surface area contributed by atoms with E-state index in [1.807, 2.05) is 20.8 Å². The monoisotopic (exact) mass is 723 g/mol. The molecule has 16 heteroatoms. The standard InChI is InChI=1S/C15H23N3O4S2.C14H19ClO4S2/c1-5-9(3)23(20)12-7-10(6-2)11(14(19)18-15(16)17)8-13(12)24(4,21)22;1-5-9(3)20(17)12-7-10(6-2)11(14(15)16)8-13(12)21(4,18)19/h7-9H,5-6H2,1-4H3,(H4,16,17,18,19);7-9H,5-6H2,1-4H3. The highest BCUT2D eigenvalue weighted by Gasteiger charge is 2.26. The van der Waals surface area contributed by atoms with Crippen LogP contribution in [0.4, 0.5) is 0 Å². The van der Waals surface area contributed by atoms with Gasteiger partial charge in [-0.3, -0.25) is 18.0 Å². The van der Waals surface area contributed by atoms with Crippen LogP contribution in [0.15, 0.2) is 48.8 Å². The van der Waals surface area contributed by atoms with Gasteiger partial charge in [0.05, 0.1) is 41.2 Å². The van der Waals surface area contributed by atoms with Crippen molar-refractivity contribution in [3.8, 4) is 0 Å². The van der Waals surface area contributed by atoms with E-state index in [4.69, 9.17) is 23.1 Å². The van der Waals surface area contributed by atoms with Crippen LogP contribution < -0.4 is 11.5 Å². The molecule has 4 atom stereocenters. The quantitative estimate of drug-likeness (QED) is 0.184. The van der Waals surface area contributed by atoms with E-state index in [2.05, 4.69) is 4.99 Å². The van der Waals surface area contributed by atoms with Crippen molar-refractivity contribution in [2.45, 2.75) is 97.3 Å². The fourth-order valence-electron chi connectivity index (χ4n) is 3.98. The Balaban J connectivity index is 0.000000454. The summed E-state index contributed by atoms with van der Waals surface area (Å²) in [4.78, 5) is 27.4. The fourth-order valence-corrected chi connectivity index (χ4v) is 9.57. The summed E-state index contributed by atoms with van der Waals surface area (Å²) < 4.78 is 73.4. The van der Waals surface area contributed by atoms with Gasteiger partial charge in [0.1, 0.15) is 0 Å². The molecule has 4 N–H and O–H groups in total. The van der Waals surface area contributed by atoms with Crippen LogP contribution in [0.5, 0.6) is 0 Å². The third kappa shape index (κ3) is 10.8. The molecular weight excluding hydrogens is 682 g/mol. The summed E-state index contributed by atoms with van der Waals surface area (Å²) in [5.74, 6) is -1.13. The zero-order chi connectivity index (χ0) is 35.0. The molecule has 0 saturated carbocycles. The van der Waals surface area contributed by atoms with Crippen LogP contribution in [0.1, 0.15) is 86.2 Å². The molecule has 0 saturated heterocycles. The van der Waals surface area contributed by atoms with Crippen LogP contribution in [0.2, 0.25) is 0 Å². The number of rotatable bonds is 12. The summed E-state index contributed by atoms with van der Waals surface area (Å²) in [6.45, 7) is 11.0. The molecule has 252 valence electrons. The summed E-state index contributed by atoms with van der Waals surface area (Å²) >= 11 is 5.52. The molecule has 0 radical (unpaired) electrons. The lowest BCUT2D eigenvalue weighted by Crippen LogP contribution is -2.24. The molecule has 0 aliphatic rings. The average molecular weight is 724 g/mol. The second-order valence-corrected chi connectivity index (χ2v) is 18.3. The number of aryl methyl sites for hydroxylation is 2. The molecule has 0 spiro atoms. The highest BCUT2D eigenvalue weighted by molar-refractivity contribution is 7.92. The molecule has 2 aromatic rings. The maximum atomic E-state index is 12.7. The lowest BCUT2D eigenvalue weighted by molar-refractivity contribution is 0.100. The molecule has 4 unspecified atom stereocenters. The van der Waals surface area contributed by atoms with Crippen molar-refractivity contribution < 1.29 is 34.8 Å².